The van der Waals surface area contributed by atoms with Crippen LogP contribution in [0, 0.1) is 6.92 Å². The Hall–Kier alpha value is -1.45. The van der Waals surface area contributed by atoms with Gasteiger partial charge < -0.3 is 10.5 Å². The molecule has 17 heavy (non-hydrogen) atoms. The van der Waals surface area contributed by atoms with Crippen LogP contribution in [0.1, 0.15) is 5.56 Å². The molecule has 0 fully saturated rings. The monoisotopic (exact) mass is 268 g/mol. The number of rotatable bonds is 2. The van der Waals surface area contributed by atoms with Gasteiger partial charge in [-0.2, -0.15) is 0 Å². The van der Waals surface area contributed by atoms with E-state index in [0.29, 0.717) is 27.2 Å². The predicted octanol–water partition coefficient (Wildman–Crippen LogP) is 4.07. The lowest BCUT2D eigenvalue weighted by Crippen LogP contribution is -1.95. The van der Waals surface area contributed by atoms with Gasteiger partial charge in [0.05, 0.1) is 16.9 Å². The number of hydrogen-bond donors (Lipinski definition) is 1. The molecule has 2 rings (SSSR count). The average molecular weight is 269 g/mol. The van der Waals surface area contributed by atoms with Crippen molar-refractivity contribution >= 4 is 28.9 Å². The summed E-state index contributed by atoms with van der Waals surface area (Å²) in [5.41, 5.74) is 7.14. The maximum Gasteiger partial charge on any atom is 0.154 e. The predicted molar refractivity (Wildman–Crippen MR) is 69.9 cm³/mol. The Morgan fingerprint density at radius 3 is 2.71 bits per heavy atom. The van der Waals surface area contributed by atoms with Crippen molar-refractivity contribution in [1.82, 2.24) is 4.98 Å². The SMILES string of the molecule is Cc1c(Cl)ccc(N)c1Oc1cncc(Cl)c1. The van der Waals surface area contributed by atoms with E-state index in [1.807, 2.05) is 6.92 Å². The molecule has 1 aromatic carbocycles. The highest BCUT2D eigenvalue weighted by atomic mass is 35.5. The highest BCUT2D eigenvalue weighted by Crippen LogP contribution is 2.35. The normalized spacial score (nSPS) is 10.3. The molecule has 5 heteroatoms. The van der Waals surface area contributed by atoms with Crippen molar-refractivity contribution in [1.29, 1.82) is 0 Å². The number of halogens is 2. The Labute approximate surface area is 109 Å². The highest BCUT2D eigenvalue weighted by Gasteiger charge is 2.09. The number of ether oxygens (including phenoxy) is 1. The van der Waals surface area contributed by atoms with Gasteiger partial charge in [0.15, 0.2) is 5.75 Å². The van der Waals surface area contributed by atoms with E-state index in [0.717, 1.165) is 5.56 Å². The van der Waals surface area contributed by atoms with Gasteiger partial charge in [-0.3, -0.25) is 4.98 Å². The molecule has 0 atom stereocenters. The quantitative estimate of drug-likeness (QED) is 0.836. The van der Waals surface area contributed by atoms with Gasteiger partial charge in [0.25, 0.3) is 0 Å². The van der Waals surface area contributed by atoms with Crippen LogP contribution in [0.5, 0.6) is 11.5 Å². The molecule has 88 valence electrons. The van der Waals surface area contributed by atoms with Gasteiger partial charge in [0, 0.05) is 22.8 Å². The Morgan fingerprint density at radius 1 is 1.24 bits per heavy atom. The molecule has 0 aliphatic carbocycles. The van der Waals surface area contributed by atoms with Gasteiger partial charge in [-0.15, -0.1) is 0 Å². The van der Waals surface area contributed by atoms with Crippen LogP contribution in [0.3, 0.4) is 0 Å². The maximum atomic E-state index is 6.01. The first-order chi connectivity index (χ1) is 8.08. The fourth-order valence-electron chi connectivity index (χ4n) is 1.39. The summed E-state index contributed by atoms with van der Waals surface area (Å²) in [7, 11) is 0. The van der Waals surface area contributed by atoms with Crippen LogP contribution >= 0.6 is 23.2 Å². The second-order valence-corrected chi connectivity index (χ2v) is 4.38. The standard InChI is InChI=1S/C12H10Cl2N2O/c1-7-10(14)2-3-11(15)12(7)17-9-4-8(13)5-16-6-9/h2-6H,15H2,1H3. The summed E-state index contributed by atoms with van der Waals surface area (Å²) in [6.07, 6.45) is 3.09. The number of benzene rings is 1. The van der Waals surface area contributed by atoms with Crippen molar-refractivity contribution in [3.05, 3.63) is 46.2 Å². The minimum Gasteiger partial charge on any atom is -0.453 e. The number of aromatic nitrogens is 1. The Balaban J connectivity index is 2.39. The lowest BCUT2D eigenvalue weighted by atomic mass is 10.2. The molecular weight excluding hydrogens is 259 g/mol. The molecule has 0 saturated carbocycles. The number of hydrogen-bond acceptors (Lipinski definition) is 3. The molecule has 2 N–H and O–H groups in total. The summed E-state index contributed by atoms with van der Waals surface area (Å²) in [4.78, 5) is 3.93. The van der Waals surface area contributed by atoms with Crippen LogP contribution in [0.25, 0.3) is 0 Å². The third kappa shape index (κ3) is 2.62. The Bertz CT molecular complexity index is 558. The minimum absolute atomic E-state index is 0.501. The largest absolute Gasteiger partial charge is 0.453 e. The smallest absolute Gasteiger partial charge is 0.154 e. The third-order valence-corrected chi connectivity index (χ3v) is 2.89. The van der Waals surface area contributed by atoms with Crippen LogP contribution in [0.15, 0.2) is 30.6 Å². The number of pyridine rings is 1. The molecule has 1 aromatic heterocycles. The molecule has 1 heterocycles. The molecule has 0 aliphatic heterocycles. The van der Waals surface area contributed by atoms with E-state index >= 15 is 0 Å². The summed E-state index contributed by atoms with van der Waals surface area (Å²) in [5, 5.41) is 1.10. The van der Waals surface area contributed by atoms with E-state index < -0.39 is 0 Å². The van der Waals surface area contributed by atoms with Gasteiger partial charge in [-0.05, 0) is 19.1 Å². The Kier molecular flexibility index (Phi) is 3.41. The lowest BCUT2D eigenvalue weighted by Gasteiger charge is -2.12. The van der Waals surface area contributed by atoms with Crippen molar-refractivity contribution in [3.8, 4) is 11.5 Å². The van der Waals surface area contributed by atoms with E-state index in [1.54, 1.807) is 24.4 Å². The van der Waals surface area contributed by atoms with Crippen LogP contribution in [-0.2, 0) is 0 Å². The first kappa shape index (κ1) is 12.0. The van der Waals surface area contributed by atoms with Crippen LogP contribution in [0.4, 0.5) is 5.69 Å². The summed E-state index contributed by atoms with van der Waals surface area (Å²) in [6, 6.07) is 5.09. The van der Waals surface area contributed by atoms with Gasteiger partial charge >= 0.3 is 0 Å². The zero-order chi connectivity index (χ0) is 12.4. The molecule has 0 radical (unpaired) electrons. The van der Waals surface area contributed by atoms with Crippen molar-refractivity contribution in [2.45, 2.75) is 6.92 Å². The average Bonchev–Trinajstić information content (AvgIpc) is 2.30. The second kappa shape index (κ2) is 4.82. The van der Waals surface area contributed by atoms with Crippen LogP contribution in [-0.4, -0.2) is 4.98 Å². The molecule has 0 amide bonds. The number of nitrogens with zero attached hydrogens (tertiary/aromatic N) is 1. The second-order valence-electron chi connectivity index (χ2n) is 3.53. The topological polar surface area (TPSA) is 48.1 Å². The molecule has 0 unspecified atom stereocenters. The molecule has 2 aromatic rings. The van der Waals surface area contributed by atoms with Gasteiger partial charge in [0.1, 0.15) is 5.75 Å². The fourth-order valence-corrected chi connectivity index (χ4v) is 1.70. The molecule has 0 bridgehead atoms. The van der Waals surface area contributed by atoms with Crippen LogP contribution in [0.2, 0.25) is 10.0 Å². The highest BCUT2D eigenvalue weighted by molar-refractivity contribution is 6.31. The summed E-state index contributed by atoms with van der Waals surface area (Å²) in [6.45, 7) is 1.84. The fraction of sp³-hybridized carbons (Fsp3) is 0.0833. The summed E-state index contributed by atoms with van der Waals surface area (Å²) < 4.78 is 5.65. The van der Waals surface area contributed by atoms with Crippen molar-refractivity contribution in [2.75, 3.05) is 5.73 Å². The molecule has 0 aliphatic rings. The molecule has 3 nitrogen and oxygen atoms in total. The van der Waals surface area contributed by atoms with Crippen molar-refractivity contribution in [3.63, 3.8) is 0 Å². The van der Waals surface area contributed by atoms with E-state index in [9.17, 15) is 0 Å². The van der Waals surface area contributed by atoms with E-state index in [1.165, 1.54) is 6.20 Å². The molecular formula is C12H10Cl2N2O. The number of anilines is 1. The van der Waals surface area contributed by atoms with Crippen molar-refractivity contribution < 1.29 is 4.74 Å². The zero-order valence-electron chi connectivity index (χ0n) is 9.08. The summed E-state index contributed by atoms with van der Waals surface area (Å²) in [5.74, 6) is 1.05. The molecule has 0 spiro atoms. The van der Waals surface area contributed by atoms with E-state index in [4.69, 9.17) is 33.7 Å². The minimum atomic E-state index is 0.501. The first-order valence-electron chi connectivity index (χ1n) is 4.91. The van der Waals surface area contributed by atoms with E-state index in [2.05, 4.69) is 4.98 Å². The van der Waals surface area contributed by atoms with Gasteiger partial charge in [-0.1, -0.05) is 23.2 Å². The zero-order valence-corrected chi connectivity index (χ0v) is 10.6. The third-order valence-electron chi connectivity index (χ3n) is 2.27. The molecule has 0 saturated heterocycles. The number of nitrogens with two attached hydrogens (primary N) is 1. The Morgan fingerprint density at radius 2 is 2.00 bits per heavy atom. The van der Waals surface area contributed by atoms with Gasteiger partial charge in [-0.25, -0.2) is 0 Å². The lowest BCUT2D eigenvalue weighted by molar-refractivity contribution is 0.479. The number of nitrogen functional groups attached to an aromatic ring is 1. The maximum absolute atomic E-state index is 6.01. The first-order valence-corrected chi connectivity index (χ1v) is 5.66. The van der Waals surface area contributed by atoms with Crippen LogP contribution < -0.4 is 10.5 Å². The van der Waals surface area contributed by atoms with E-state index in [-0.39, 0.29) is 0 Å². The summed E-state index contributed by atoms with van der Waals surface area (Å²) >= 11 is 11.8. The van der Waals surface area contributed by atoms with Crippen molar-refractivity contribution in [2.24, 2.45) is 0 Å². The van der Waals surface area contributed by atoms with Gasteiger partial charge in [0.2, 0.25) is 0 Å².